The molecule has 2 aromatic rings. The smallest absolute Gasteiger partial charge is 0.147 e. The average Bonchev–Trinajstić information content (AvgIpc) is 2.99. The van der Waals surface area contributed by atoms with Gasteiger partial charge in [0.15, 0.2) is 0 Å². The van der Waals surface area contributed by atoms with E-state index >= 15 is 0 Å². The van der Waals surface area contributed by atoms with E-state index in [4.69, 9.17) is 49.4 Å². The fraction of sp³-hybridized carbons (Fsp3) is 0.647. The van der Waals surface area contributed by atoms with Crippen molar-refractivity contribution >= 4 is 16.1 Å². The summed E-state index contributed by atoms with van der Waals surface area (Å²) in [5.41, 5.74) is 15.8. The van der Waals surface area contributed by atoms with Crippen LogP contribution in [0.5, 0.6) is 23.0 Å². The minimum Gasteiger partial charge on any atom is -0.497 e. The minimum absolute atomic E-state index is 0.0698. The minimum atomic E-state index is -1.27. The summed E-state index contributed by atoms with van der Waals surface area (Å²) in [6, 6.07) is 12.5. The van der Waals surface area contributed by atoms with E-state index in [9.17, 15) is 0 Å². The van der Waals surface area contributed by atoms with E-state index in [0.717, 1.165) is 23.2 Å². The van der Waals surface area contributed by atoms with E-state index in [1.807, 2.05) is 36.4 Å². The predicted octanol–water partition coefficient (Wildman–Crippen LogP) is 5.56. The summed E-state index contributed by atoms with van der Waals surface area (Å²) in [4.78, 5) is 0. The Morgan fingerprint density at radius 1 is 0.522 bits per heavy atom. The number of nitrogens with two attached hydrogens (primary N) is 2. The standard InChI is InChI=1S/C34H60N2O8Si2/c1-37-27-15-25(16-28(21-27)38-2)19-31(35)33(43-23-41-11-13-45(5,6)7)34(44-24-42-12-14-46(8,9)10)32(36)20-26-17-29(39-3)22-30(18-26)40-4/h15-18,21-22,31-34H,11-14,19-20,23-24,35-36H2,1-10H3/t31-,32-,33+,34+/m1/s1. The molecule has 0 saturated carbocycles. The van der Waals surface area contributed by atoms with Crippen LogP contribution in [0, 0.1) is 0 Å². The summed E-state index contributed by atoms with van der Waals surface area (Å²) < 4.78 is 46.8. The molecule has 2 rings (SSSR count). The number of methoxy groups -OCH3 is 4. The van der Waals surface area contributed by atoms with Crippen molar-refractivity contribution < 1.29 is 37.9 Å². The lowest BCUT2D eigenvalue weighted by Crippen LogP contribution is -2.55. The first-order chi connectivity index (χ1) is 21.7. The van der Waals surface area contributed by atoms with Crippen LogP contribution < -0.4 is 30.4 Å². The maximum atomic E-state index is 6.96. The van der Waals surface area contributed by atoms with Gasteiger partial charge in [0.1, 0.15) is 48.8 Å². The second-order valence-electron chi connectivity index (χ2n) is 14.1. The number of hydrogen-bond donors (Lipinski definition) is 2. The third-order valence-electron chi connectivity index (χ3n) is 7.61. The molecule has 0 amide bonds. The molecule has 0 aromatic heterocycles. The Labute approximate surface area is 279 Å². The van der Waals surface area contributed by atoms with Gasteiger partial charge in [-0.1, -0.05) is 39.3 Å². The Balaban J connectivity index is 2.38. The Morgan fingerprint density at radius 3 is 1.09 bits per heavy atom. The summed E-state index contributed by atoms with van der Waals surface area (Å²) in [5.74, 6) is 2.73. The third-order valence-corrected chi connectivity index (χ3v) is 11.0. The van der Waals surface area contributed by atoms with Gasteiger partial charge >= 0.3 is 0 Å². The van der Waals surface area contributed by atoms with E-state index in [2.05, 4.69) is 39.3 Å². The van der Waals surface area contributed by atoms with Gasteiger partial charge in [-0.15, -0.1) is 0 Å². The van der Waals surface area contributed by atoms with Crippen LogP contribution in [-0.2, 0) is 31.8 Å². The van der Waals surface area contributed by atoms with Crippen LogP contribution in [0.1, 0.15) is 11.1 Å². The predicted molar refractivity (Wildman–Crippen MR) is 190 cm³/mol. The topological polar surface area (TPSA) is 126 Å². The Bertz CT molecular complexity index is 1020. The van der Waals surface area contributed by atoms with Crippen LogP contribution in [0.4, 0.5) is 0 Å². The van der Waals surface area contributed by atoms with Gasteiger partial charge in [0.05, 0.1) is 28.4 Å². The highest BCUT2D eigenvalue weighted by molar-refractivity contribution is 6.76. The normalized spacial score (nSPS) is 14.8. The van der Waals surface area contributed by atoms with Crippen molar-refractivity contribution in [3.05, 3.63) is 47.5 Å². The first-order valence-corrected chi connectivity index (χ1v) is 23.4. The van der Waals surface area contributed by atoms with Crippen molar-refractivity contribution in [3.63, 3.8) is 0 Å². The van der Waals surface area contributed by atoms with Crippen molar-refractivity contribution in [1.82, 2.24) is 0 Å². The molecule has 0 aliphatic carbocycles. The van der Waals surface area contributed by atoms with Crippen molar-refractivity contribution in [2.75, 3.05) is 55.2 Å². The van der Waals surface area contributed by atoms with Crippen molar-refractivity contribution in [2.45, 2.75) is 88.5 Å². The molecule has 0 bridgehead atoms. The molecule has 0 heterocycles. The highest BCUT2D eigenvalue weighted by atomic mass is 28.3. The number of rotatable bonds is 23. The Morgan fingerprint density at radius 2 is 0.826 bits per heavy atom. The largest absolute Gasteiger partial charge is 0.497 e. The number of hydrogen-bond acceptors (Lipinski definition) is 10. The van der Waals surface area contributed by atoms with Gasteiger partial charge in [-0.25, -0.2) is 0 Å². The van der Waals surface area contributed by atoms with Gasteiger partial charge < -0.3 is 49.4 Å². The lowest BCUT2D eigenvalue weighted by Gasteiger charge is -2.35. The molecule has 0 spiro atoms. The van der Waals surface area contributed by atoms with Crippen LogP contribution in [0.2, 0.25) is 51.4 Å². The molecule has 262 valence electrons. The van der Waals surface area contributed by atoms with Gasteiger partial charge in [-0.3, -0.25) is 0 Å². The molecule has 4 atom stereocenters. The molecule has 4 N–H and O–H groups in total. The highest BCUT2D eigenvalue weighted by Gasteiger charge is 2.35. The fourth-order valence-electron chi connectivity index (χ4n) is 4.80. The van der Waals surface area contributed by atoms with E-state index in [1.165, 1.54) is 0 Å². The van der Waals surface area contributed by atoms with Gasteiger partial charge in [-0.2, -0.15) is 0 Å². The summed E-state index contributed by atoms with van der Waals surface area (Å²) >= 11 is 0. The molecule has 0 aliphatic rings. The molecule has 12 heteroatoms. The zero-order valence-electron chi connectivity index (χ0n) is 29.9. The quantitative estimate of drug-likeness (QED) is 0.0876. The molecule has 0 unspecified atom stereocenters. The van der Waals surface area contributed by atoms with Gasteiger partial charge in [0, 0.05) is 53.6 Å². The molecular weight excluding hydrogens is 621 g/mol. The van der Waals surface area contributed by atoms with Gasteiger partial charge in [0.2, 0.25) is 0 Å². The highest BCUT2D eigenvalue weighted by Crippen LogP contribution is 2.27. The van der Waals surface area contributed by atoms with Crippen LogP contribution in [0.3, 0.4) is 0 Å². The summed E-state index contributed by atoms with van der Waals surface area (Å²) in [6.45, 7) is 15.3. The maximum Gasteiger partial charge on any atom is 0.147 e. The molecule has 2 aromatic carbocycles. The molecule has 0 radical (unpaired) electrons. The van der Waals surface area contributed by atoms with Gasteiger partial charge in [-0.05, 0) is 60.3 Å². The van der Waals surface area contributed by atoms with E-state index in [-0.39, 0.29) is 13.6 Å². The second-order valence-corrected chi connectivity index (χ2v) is 25.4. The van der Waals surface area contributed by atoms with Gasteiger partial charge in [0.25, 0.3) is 0 Å². The zero-order valence-corrected chi connectivity index (χ0v) is 31.9. The monoisotopic (exact) mass is 680 g/mol. The second kappa shape index (κ2) is 19.6. The van der Waals surface area contributed by atoms with Crippen LogP contribution >= 0.6 is 0 Å². The van der Waals surface area contributed by atoms with Crippen LogP contribution in [0.15, 0.2) is 36.4 Å². The summed E-state index contributed by atoms with van der Waals surface area (Å²) in [6.07, 6.45) is -0.314. The number of benzene rings is 2. The molecule has 0 fully saturated rings. The first kappa shape index (κ1) is 40.0. The Kier molecular flexibility index (Phi) is 17.1. The molecule has 10 nitrogen and oxygen atoms in total. The molecule has 0 saturated heterocycles. The lowest BCUT2D eigenvalue weighted by molar-refractivity contribution is -0.176. The summed E-state index contributed by atoms with van der Waals surface area (Å²) in [7, 11) is 3.96. The van der Waals surface area contributed by atoms with Crippen LogP contribution in [-0.4, -0.2) is 95.7 Å². The average molecular weight is 681 g/mol. The lowest BCUT2D eigenvalue weighted by atomic mass is 9.91. The van der Waals surface area contributed by atoms with E-state index in [0.29, 0.717) is 49.1 Å². The third kappa shape index (κ3) is 15.2. The van der Waals surface area contributed by atoms with E-state index in [1.54, 1.807) is 28.4 Å². The van der Waals surface area contributed by atoms with Crippen molar-refractivity contribution in [3.8, 4) is 23.0 Å². The molecule has 46 heavy (non-hydrogen) atoms. The van der Waals surface area contributed by atoms with Crippen molar-refractivity contribution in [2.24, 2.45) is 11.5 Å². The van der Waals surface area contributed by atoms with Crippen molar-refractivity contribution in [1.29, 1.82) is 0 Å². The SMILES string of the molecule is COc1cc(C[C@@H](N)[C@H](OCOCC[Si](C)(C)C)[C@@H](OCOCC[Si](C)(C)C)[C@H](N)Cc2cc(OC)cc(OC)c2)cc(OC)c1. The number of ether oxygens (including phenoxy) is 8. The molecular formula is C34H60N2O8Si2. The summed E-state index contributed by atoms with van der Waals surface area (Å²) in [5, 5.41) is 0. The fourth-order valence-corrected chi connectivity index (χ4v) is 6.31. The zero-order chi connectivity index (χ0) is 34.3. The molecule has 0 aliphatic heterocycles. The Hall–Kier alpha value is -2.17. The van der Waals surface area contributed by atoms with E-state index < -0.39 is 40.4 Å². The first-order valence-electron chi connectivity index (χ1n) is 16.0. The maximum absolute atomic E-state index is 6.96. The van der Waals surface area contributed by atoms with Crippen LogP contribution in [0.25, 0.3) is 0 Å².